The molecule has 36 heteroatoms. The Kier molecular flexibility index (Phi) is 16.1. The third-order valence-electron chi connectivity index (χ3n) is 12.7. The maximum Gasteiger partial charge on any atom is 0.460 e. The fourth-order valence-electron chi connectivity index (χ4n) is 8.05. The molecular formula is C47H24F34O2. The summed E-state index contributed by atoms with van der Waals surface area (Å²) in [6, 6.07) is 6.54. The summed E-state index contributed by atoms with van der Waals surface area (Å²) in [6.07, 6.45) is -15.2. The molecule has 0 heterocycles. The van der Waals surface area contributed by atoms with Crippen LogP contribution < -0.4 is 9.47 Å². The molecule has 4 aromatic rings. The van der Waals surface area contributed by atoms with Crippen LogP contribution in [0.15, 0.2) is 84.9 Å². The molecule has 0 radical (unpaired) electrons. The van der Waals surface area contributed by atoms with Gasteiger partial charge in [0.2, 0.25) is 0 Å². The van der Waals surface area contributed by atoms with Gasteiger partial charge in [0.05, 0.1) is 14.2 Å². The largest absolute Gasteiger partial charge is 0.497 e. The van der Waals surface area contributed by atoms with Crippen molar-refractivity contribution in [1.29, 1.82) is 0 Å². The second kappa shape index (κ2) is 19.8. The zero-order chi connectivity index (χ0) is 64.4. The van der Waals surface area contributed by atoms with Crippen molar-refractivity contribution in [3.8, 4) is 22.6 Å². The molecule has 0 bridgehead atoms. The average Bonchev–Trinajstić information content (AvgIpc) is 1.87. The van der Waals surface area contributed by atoms with E-state index in [2.05, 4.69) is 0 Å². The first kappa shape index (κ1) is 67.4. The molecule has 0 fully saturated rings. The van der Waals surface area contributed by atoms with E-state index in [0.29, 0.717) is 12.2 Å². The number of halogens is 34. The van der Waals surface area contributed by atoms with Gasteiger partial charge in [-0.05, 0) is 80.9 Å². The van der Waals surface area contributed by atoms with Crippen molar-refractivity contribution in [2.24, 2.45) is 0 Å². The molecule has 1 aliphatic carbocycles. The summed E-state index contributed by atoms with van der Waals surface area (Å²) in [7, 11) is 2.10. The van der Waals surface area contributed by atoms with Gasteiger partial charge in [-0.25, -0.2) is 0 Å². The van der Waals surface area contributed by atoms with E-state index < -0.39 is 146 Å². The minimum atomic E-state index is -9.93. The summed E-state index contributed by atoms with van der Waals surface area (Å²) in [5, 5.41) is 0. The van der Waals surface area contributed by atoms with Crippen molar-refractivity contribution in [2.45, 2.75) is 101 Å². The molecule has 4 aromatic carbocycles. The van der Waals surface area contributed by atoms with E-state index in [1.54, 1.807) is 0 Å². The smallest absolute Gasteiger partial charge is 0.460 e. The highest BCUT2D eigenvalue weighted by molar-refractivity contribution is 5.87. The molecule has 5 rings (SSSR count). The van der Waals surface area contributed by atoms with Gasteiger partial charge in [0, 0.05) is 0 Å². The molecule has 0 spiro atoms. The van der Waals surface area contributed by atoms with Gasteiger partial charge >= 0.3 is 95.3 Å². The van der Waals surface area contributed by atoms with E-state index in [9.17, 15) is 79.0 Å². The first-order valence-electron chi connectivity index (χ1n) is 21.3. The van der Waals surface area contributed by atoms with Gasteiger partial charge in [0.15, 0.2) is 5.41 Å². The SMILES string of the molecule is COc1ccc(/C=C/c2ccc3c(c2)C(C(F)(F)C(F)(F)C(F)(F)C(F)(F)C(F)(F)C(F)(F)C(F)(F)C(F)(F)F)(C(F)(F)C(F)(F)C(F)(F)C(F)(F)C(F)(F)C(F)(F)C(F)(F)C(F)(F)F)c2cc(/C=C/c4ccc(OC)cc4)ccc2-3)cc1. The van der Waals surface area contributed by atoms with Crippen molar-refractivity contribution in [2.75, 3.05) is 14.2 Å². The Hall–Kier alpha value is -6.42. The quantitative estimate of drug-likeness (QED) is 0.0649. The minimum Gasteiger partial charge on any atom is -0.497 e. The second-order valence-corrected chi connectivity index (χ2v) is 17.6. The van der Waals surface area contributed by atoms with E-state index >= 15 is 70.2 Å². The van der Waals surface area contributed by atoms with E-state index in [0.717, 1.165) is 62.8 Å². The lowest BCUT2D eigenvalue weighted by Crippen LogP contribution is -2.80. The topological polar surface area (TPSA) is 18.5 Å². The van der Waals surface area contributed by atoms with Gasteiger partial charge in [-0.15, -0.1) is 0 Å². The lowest BCUT2D eigenvalue weighted by Gasteiger charge is -2.52. The summed E-state index contributed by atoms with van der Waals surface area (Å²) in [5.41, 5.74) is -22.4. The molecule has 1 aliphatic rings. The van der Waals surface area contributed by atoms with Crippen LogP contribution in [0.3, 0.4) is 0 Å². The van der Waals surface area contributed by atoms with Gasteiger partial charge < -0.3 is 9.47 Å². The molecule has 0 N–H and O–H groups in total. The standard InChI is InChI=1S/C47H24F34O2/c1-82-25-13-7-21(8-14-25)3-5-23-11-17-27-28-18-12-24(6-4-22-9-15-26(83-2)16-10-22)20-30(28)31(29(27)19-23,32(48,49)34(52,53)36(56,57)38(60,61)40(64,65)42(68,69)44(72,73)46(76,77)78)33(50,51)35(54,55)37(58,59)39(62,63)41(66,67)43(70,71)45(74,75)47(79,80)81/h3-20H,1-2H3/b5-3+,6-4+. The zero-order valence-corrected chi connectivity index (χ0v) is 39.6. The highest BCUT2D eigenvalue weighted by Crippen LogP contribution is 2.75. The monoisotopic (exact) mass is 1270 g/mol. The third-order valence-corrected chi connectivity index (χ3v) is 12.7. The summed E-state index contributed by atoms with van der Waals surface area (Å²) >= 11 is 0. The van der Waals surface area contributed by atoms with Crippen molar-refractivity contribution < 1.29 is 159 Å². The highest BCUT2D eigenvalue weighted by atomic mass is 19.4. The number of alkyl halides is 34. The van der Waals surface area contributed by atoms with Crippen LogP contribution in [0.5, 0.6) is 11.5 Å². The van der Waals surface area contributed by atoms with Gasteiger partial charge in [-0.2, -0.15) is 149 Å². The fourth-order valence-corrected chi connectivity index (χ4v) is 8.05. The predicted octanol–water partition coefficient (Wildman–Crippen LogP) is 18.3. The lowest BCUT2D eigenvalue weighted by molar-refractivity contribution is -0.475. The molecule has 0 saturated carbocycles. The maximum absolute atomic E-state index is 17.7. The summed E-state index contributed by atoms with van der Waals surface area (Å²) < 4.78 is 520. The first-order chi connectivity index (χ1) is 37.0. The van der Waals surface area contributed by atoms with Crippen LogP contribution in [0.4, 0.5) is 149 Å². The minimum absolute atomic E-state index is 0.0254. The number of methoxy groups -OCH3 is 2. The Balaban J connectivity index is 2.05. The Morgan fingerprint density at radius 3 is 0.699 bits per heavy atom. The number of hydrogen-bond donors (Lipinski definition) is 0. The fraction of sp³-hybridized carbons (Fsp3) is 0.404. The first-order valence-corrected chi connectivity index (χ1v) is 21.3. The van der Waals surface area contributed by atoms with Gasteiger partial charge in [-0.1, -0.05) is 72.8 Å². The molecule has 0 aromatic heterocycles. The molecule has 83 heavy (non-hydrogen) atoms. The summed E-state index contributed by atoms with van der Waals surface area (Å²) in [5.74, 6) is -134. The van der Waals surface area contributed by atoms with Crippen molar-refractivity contribution in [1.82, 2.24) is 0 Å². The molecule has 2 nitrogen and oxygen atoms in total. The molecule has 0 unspecified atom stereocenters. The molecule has 0 aliphatic heterocycles. The molecule has 0 saturated heterocycles. The molecule has 0 amide bonds. The van der Waals surface area contributed by atoms with Crippen LogP contribution >= 0.6 is 0 Å². The Bertz CT molecular complexity index is 2880. The molecule has 0 atom stereocenters. The van der Waals surface area contributed by atoms with Crippen LogP contribution in [0.25, 0.3) is 35.4 Å². The van der Waals surface area contributed by atoms with Crippen molar-refractivity contribution in [3.63, 3.8) is 0 Å². The van der Waals surface area contributed by atoms with Crippen LogP contribution in [0, 0.1) is 0 Å². The zero-order valence-electron chi connectivity index (χ0n) is 39.6. The lowest BCUT2D eigenvalue weighted by atomic mass is 9.62. The Labute approximate surface area is 438 Å². The number of rotatable bonds is 20. The normalized spacial score (nSPS) is 16.2. The summed E-state index contributed by atoms with van der Waals surface area (Å²) in [4.78, 5) is 0. The maximum atomic E-state index is 17.7. The van der Waals surface area contributed by atoms with E-state index in [1.807, 2.05) is 0 Å². The number of hydrogen-bond acceptors (Lipinski definition) is 2. The van der Waals surface area contributed by atoms with Gasteiger partial charge in [0.25, 0.3) is 0 Å². The predicted molar refractivity (Wildman–Crippen MR) is 218 cm³/mol. The molecular weight excluding hydrogens is 1240 g/mol. The van der Waals surface area contributed by atoms with E-state index in [4.69, 9.17) is 9.47 Å². The number of ether oxygens (including phenoxy) is 2. The average molecular weight is 1270 g/mol. The van der Waals surface area contributed by atoms with Gasteiger partial charge in [-0.3, -0.25) is 0 Å². The third kappa shape index (κ3) is 8.97. The Morgan fingerprint density at radius 1 is 0.265 bits per heavy atom. The van der Waals surface area contributed by atoms with E-state index in [-0.39, 0.29) is 59.0 Å². The number of fused-ring (bicyclic) bond motifs is 3. The number of benzene rings is 4. The Morgan fingerprint density at radius 2 is 0.470 bits per heavy atom. The van der Waals surface area contributed by atoms with Crippen LogP contribution in [0.1, 0.15) is 33.4 Å². The van der Waals surface area contributed by atoms with E-state index in [1.165, 1.54) is 0 Å². The second-order valence-electron chi connectivity index (χ2n) is 17.6. The van der Waals surface area contributed by atoms with Crippen LogP contribution in [-0.2, 0) is 5.41 Å². The molecule has 462 valence electrons. The van der Waals surface area contributed by atoms with Gasteiger partial charge in [0.1, 0.15) is 11.5 Å². The summed E-state index contributed by atoms with van der Waals surface area (Å²) in [6.45, 7) is 0. The van der Waals surface area contributed by atoms with Crippen LogP contribution in [0.2, 0.25) is 0 Å². The van der Waals surface area contributed by atoms with Crippen molar-refractivity contribution in [3.05, 3.63) is 118 Å². The van der Waals surface area contributed by atoms with Crippen LogP contribution in [-0.4, -0.2) is 109 Å². The van der Waals surface area contributed by atoms with Crippen molar-refractivity contribution >= 4 is 24.3 Å². The highest BCUT2D eigenvalue weighted by Gasteiger charge is 3.02.